The maximum atomic E-state index is 13.1. The van der Waals surface area contributed by atoms with Crippen molar-refractivity contribution in [2.75, 3.05) is 4.72 Å². The van der Waals surface area contributed by atoms with Gasteiger partial charge in [-0.05, 0) is 52.3 Å². The number of hydrogen-bond acceptors (Lipinski definition) is 5. The van der Waals surface area contributed by atoms with Crippen LogP contribution in [0.2, 0.25) is 0 Å². The fraction of sp³-hybridized carbons (Fsp3) is 0.333. The van der Waals surface area contributed by atoms with Gasteiger partial charge in [-0.3, -0.25) is 9.40 Å². The Morgan fingerprint density at radius 2 is 1.72 bits per heavy atom. The molecule has 0 aliphatic rings. The van der Waals surface area contributed by atoms with Gasteiger partial charge in [0, 0.05) is 12.2 Å². The van der Waals surface area contributed by atoms with Crippen LogP contribution in [0.3, 0.4) is 0 Å². The Morgan fingerprint density at radius 3 is 2.34 bits per heavy atom. The van der Waals surface area contributed by atoms with E-state index < -0.39 is 10.0 Å². The summed E-state index contributed by atoms with van der Waals surface area (Å²) in [6, 6.07) is 13.2. The average Bonchev–Trinajstić information content (AvgIpc) is 2.99. The molecule has 0 saturated carbocycles. The quantitative estimate of drug-likeness (QED) is 0.619. The molecule has 0 aliphatic carbocycles. The normalized spacial score (nSPS) is 12.8. The first kappa shape index (κ1) is 20.9. The monoisotopic (exact) mass is 414 g/mol. The summed E-state index contributed by atoms with van der Waals surface area (Å²) in [6.45, 7) is 9.26. The highest BCUT2D eigenvalue weighted by molar-refractivity contribution is 7.92. The third-order valence-corrected chi connectivity index (χ3v) is 6.18. The van der Waals surface area contributed by atoms with Crippen LogP contribution < -0.4 is 9.46 Å². The summed E-state index contributed by atoms with van der Waals surface area (Å²) in [5.41, 5.74) is 2.01. The molecule has 0 bridgehead atoms. The van der Waals surface area contributed by atoms with Crippen molar-refractivity contribution in [1.29, 1.82) is 0 Å². The Morgan fingerprint density at radius 1 is 1.03 bits per heavy atom. The van der Waals surface area contributed by atoms with Gasteiger partial charge in [0.05, 0.1) is 11.4 Å². The molecule has 2 aromatic heterocycles. The third-order valence-electron chi connectivity index (χ3n) is 4.59. The zero-order valence-corrected chi connectivity index (χ0v) is 18.1. The minimum absolute atomic E-state index is 0.0538. The van der Waals surface area contributed by atoms with Gasteiger partial charge in [-0.2, -0.15) is 5.10 Å². The molecule has 7 nitrogen and oxygen atoms in total. The summed E-state index contributed by atoms with van der Waals surface area (Å²) in [5.74, 6) is 0.505. The second kappa shape index (κ2) is 8.24. The smallest absolute Gasteiger partial charge is 0.266 e. The molecule has 3 aromatic rings. The van der Waals surface area contributed by atoms with Crippen LogP contribution in [0.5, 0.6) is 5.75 Å². The zero-order chi connectivity index (χ0) is 21.2. The van der Waals surface area contributed by atoms with Gasteiger partial charge in [0.1, 0.15) is 11.0 Å². The van der Waals surface area contributed by atoms with Gasteiger partial charge in [-0.25, -0.2) is 13.4 Å². The topological polar surface area (TPSA) is 86.1 Å². The van der Waals surface area contributed by atoms with E-state index in [1.54, 1.807) is 30.7 Å². The lowest BCUT2D eigenvalue weighted by Crippen LogP contribution is -2.17. The van der Waals surface area contributed by atoms with E-state index in [0.29, 0.717) is 17.1 Å². The van der Waals surface area contributed by atoms with Crippen molar-refractivity contribution in [1.82, 2.24) is 14.8 Å². The van der Waals surface area contributed by atoms with Gasteiger partial charge in [-0.1, -0.05) is 30.3 Å². The number of nitrogens with one attached hydrogen (secondary N) is 1. The number of pyridine rings is 1. The maximum Gasteiger partial charge on any atom is 0.266 e. The van der Waals surface area contributed by atoms with Crippen molar-refractivity contribution in [2.45, 2.75) is 51.7 Å². The summed E-state index contributed by atoms with van der Waals surface area (Å²) in [5, 5.41) is 4.37. The number of benzene rings is 1. The van der Waals surface area contributed by atoms with Crippen LogP contribution in [-0.2, 0) is 10.0 Å². The Balaban J connectivity index is 1.91. The molecule has 1 atom stereocenters. The molecular weight excluding hydrogens is 388 g/mol. The van der Waals surface area contributed by atoms with Crippen LogP contribution in [0.15, 0.2) is 53.6 Å². The van der Waals surface area contributed by atoms with Gasteiger partial charge in [0.25, 0.3) is 10.0 Å². The number of rotatable bonds is 7. The number of aromatic nitrogens is 3. The number of aryl methyl sites for hydroxylation is 1. The van der Waals surface area contributed by atoms with Crippen molar-refractivity contribution < 1.29 is 13.2 Å². The lowest BCUT2D eigenvalue weighted by atomic mass is 10.1. The highest BCUT2D eigenvalue weighted by Crippen LogP contribution is 2.30. The molecule has 0 fully saturated rings. The molecule has 0 amide bonds. The predicted molar refractivity (Wildman–Crippen MR) is 113 cm³/mol. The van der Waals surface area contributed by atoms with E-state index in [1.165, 1.54) is 6.20 Å². The van der Waals surface area contributed by atoms with Crippen LogP contribution in [0, 0.1) is 13.8 Å². The van der Waals surface area contributed by atoms with E-state index in [-0.39, 0.29) is 22.9 Å². The Labute approximate surface area is 171 Å². The maximum absolute atomic E-state index is 13.1. The number of sulfonamides is 1. The van der Waals surface area contributed by atoms with E-state index >= 15 is 0 Å². The first-order valence-electron chi connectivity index (χ1n) is 9.46. The first-order chi connectivity index (χ1) is 13.7. The summed E-state index contributed by atoms with van der Waals surface area (Å²) < 4.78 is 36.5. The molecule has 8 heteroatoms. The van der Waals surface area contributed by atoms with Crippen molar-refractivity contribution in [2.24, 2.45) is 0 Å². The van der Waals surface area contributed by atoms with E-state index in [1.807, 2.05) is 51.1 Å². The fourth-order valence-electron chi connectivity index (χ4n) is 3.26. The summed E-state index contributed by atoms with van der Waals surface area (Å²) in [4.78, 5) is 4.36. The lowest BCUT2D eigenvalue weighted by Gasteiger charge is -2.18. The number of ether oxygens (including phenoxy) is 1. The summed E-state index contributed by atoms with van der Waals surface area (Å²) >= 11 is 0. The van der Waals surface area contributed by atoms with Crippen LogP contribution >= 0.6 is 0 Å². The van der Waals surface area contributed by atoms with Gasteiger partial charge in [0.15, 0.2) is 11.6 Å². The van der Waals surface area contributed by atoms with Crippen molar-refractivity contribution >= 4 is 15.8 Å². The average molecular weight is 415 g/mol. The molecular formula is C21H26N4O3S. The Bertz CT molecular complexity index is 1090. The second-order valence-electron chi connectivity index (χ2n) is 7.16. The summed E-state index contributed by atoms with van der Waals surface area (Å²) in [7, 11) is -3.89. The lowest BCUT2D eigenvalue weighted by molar-refractivity contribution is 0.227. The first-order valence-corrected chi connectivity index (χ1v) is 10.9. The largest absolute Gasteiger partial charge is 0.482 e. The van der Waals surface area contributed by atoms with Crippen molar-refractivity contribution in [3.05, 3.63) is 65.6 Å². The molecule has 154 valence electrons. The standard InChI is InChI=1S/C21H26N4O3S/c1-14(2)25-16(4)20(15(3)23-25)29(26,27)24-21-19(12-9-13-22-21)28-17(5)18-10-7-6-8-11-18/h6-14,17H,1-5H3,(H,22,24)/t17-/m0/s1. The van der Waals surface area contributed by atoms with Crippen LogP contribution in [0.25, 0.3) is 0 Å². The Hall–Kier alpha value is -2.87. The van der Waals surface area contributed by atoms with Crippen molar-refractivity contribution in [3.63, 3.8) is 0 Å². The second-order valence-corrected chi connectivity index (χ2v) is 8.78. The van der Waals surface area contributed by atoms with Gasteiger partial charge < -0.3 is 4.74 Å². The molecule has 0 unspecified atom stereocenters. The van der Waals surface area contributed by atoms with E-state index in [0.717, 1.165) is 5.56 Å². The van der Waals surface area contributed by atoms with E-state index in [4.69, 9.17) is 4.74 Å². The SMILES string of the molecule is Cc1nn(C(C)C)c(C)c1S(=O)(=O)Nc1ncccc1O[C@@H](C)c1ccccc1. The molecule has 0 radical (unpaired) electrons. The van der Waals surface area contributed by atoms with Gasteiger partial charge in [-0.15, -0.1) is 0 Å². The van der Waals surface area contributed by atoms with Crippen LogP contribution in [0.1, 0.15) is 49.9 Å². The molecule has 1 N–H and O–H groups in total. The third kappa shape index (κ3) is 4.42. The highest BCUT2D eigenvalue weighted by atomic mass is 32.2. The number of hydrogen-bond donors (Lipinski definition) is 1. The molecule has 2 heterocycles. The fourth-order valence-corrected chi connectivity index (χ4v) is 4.68. The molecule has 29 heavy (non-hydrogen) atoms. The van der Waals surface area contributed by atoms with E-state index in [2.05, 4.69) is 14.8 Å². The molecule has 0 aliphatic heterocycles. The Kier molecular flexibility index (Phi) is 5.93. The minimum atomic E-state index is -3.89. The van der Waals surface area contributed by atoms with Crippen LogP contribution in [0.4, 0.5) is 5.82 Å². The molecule has 0 saturated heterocycles. The van der Waals surface area contributed by atoms with Crippen LogP contribution in [-0.4, -0.2) is 23.2 Å². The van der Waals surface area contributed by atoms with E-state index in [9.17, 15) is 8.42 Å². The van der Waals surface area contributed by atoms with Gasteiger partial charge in [0.2, 0.25) is 0 Å². The summed E-state index contributed by atoms with van der Waals surface area (Å²) in [6.07, 6.45) is 1.26. The molecule has 1 aromatic carbocycles. The number of nitrogens with zero attached hydrogens (tertiary/aromatic N) is 3. The molecule has 0 spiro atoms. The number of anilines is 1. The molecule has 3 rings (SSSR count). The minimum Gasteiger partial charge on any atom is -0.482 e. The highest BCUT2D eigenvalue weighted by Gasteiger charge is 2.27. The zero-order valence-electron chi connectivity index (χ0n) is 17.2. The van der Waals surface area contributed by atoms with Crippen molar-refractivity contribution in [3.8, 4) is 5.75 Å². The predicted octanol–water partition coefficient (Wildman–Crippen LogP) is 4.42. The van der Waals surface area contributed by atoms with Gasteiger partial charge >= 0.3 is 0 Å².